The molecule has 0 saturated heterocycles. The van der Waals surface area contributed by atoms with Crippen molar-refractivity contribution in [2.45, 2.75) is 24.3 Å². The summed E-state index contributed by atoms with van der Waals surface area (Å²) in [6, 6.07) is 8.44. The largest absolute Gasteiger partial charge is 0.271 e. The Hall–Kier alpha value is -1.44. The molecule has 2 rings (SSSR count). The lowest BCUT2D eigenvalue weighted by Crippen LogP contribution is -2.39. The van der Waals surface area contributed by atoms with Crippen LogP contribution >= 0.6 is 11.8 Å². The molecule has 0 bridgehead atoms. The van der Waals surface area contributed by atoms with Gasteiger partial charge in [0.05, 0.1) is 7.05 Å². The average Bonchev–Trinajstić information content (AvgIpc) is 2.81. The number of benzene rings is 1. The van der Waals surface area contributed by atoms with Crippen LogP contribution in [0.5, 0.6) is 0 Å². The highest BCUT2D eigenvalue weighted by atomic mass is 32.2. The fraction of sp³-hybridized carbons (Fsp3) is 0.417. The van der Waals surface area contributed by atoms with E-state index in [4.69, 9.17) is 5.84 Å². The summed E-state index contributed by atoms with van der Waals surface area (Å²) >= 11 is 1.78. The van der Waals surface area contributed by atoms with Gasteiger partial charge in [-0.05, 0) is 23.8 Å². The van der Waals surface area contributed by atoms with Gasteiger partial charge < -0.3 is 0 Å². The highest BCUT2D eigenvalue weighted by Crippen LogP contribution is 2.22. The number of aromatic nitrogens is 4. The first-order valence-electron chi connectivity index (χ1n) is 6.06. The van der Waals surface area contributed by atoms with Gasteiger partial charge in [0.2, 0.25) is 0 Å². The van der Waals surface area contributed by atoms with Gasteiger partial charge in [-0.2, -0.15) is 4.80 Å². The van der Waals surface area contributed by atoms with Gasteiger partial charge in [0.25, 0.3) is 0 Å². The molecule has 1 aromatic heterocycles. The molecule has 1 atom stereocenters. The second-order valence-corrected chi connectivity index (χ2v) is 5.40. The fourth-order valence-corrected chi connectivity index (χ4v) is 2.77. The summed E-state index contributed by atoms with van der Waals surface area (Å²) < 4.78 is 0. The molecule has 19 heavy (non-hydrogen) atoms. The minimum atomic E-state index is 0.119. The molecule has 7 heteroatoms. The van der Waals surface area contributed by atoms with Crippen LogP contribution in [0.25, 0.3) is 0 Å². The van der Waals surface area contributed by atoms with E-state index in [0.717, 1.165) is 5.75 Å². The van der Waals surface area contributed by atoms with Crippen molar-refractivity contribution >= 4 is 11.8 Å². The van der Waals surface area contributed by atoms with Crippen LogP contribution in [0.1, 0.15) is 11.4 Å². The van der Waals surface area contributed by atoms with E-state index in [0.29, 0.717) is 12.2 Å². The Kier molecular flexibility index (Phi) is 4.89. The summed E-state index contributed by atoms with van der Waals surface area (Å²) in [6.45, 7) is 2.11. The van der Waals surface area contributed by atoms with E-state index >= 15 is 0 Å². The molecule has 0 aliphatic carbocycles. The smallest absolute Gasteiger partial charge is 0.176 e. The fourth-order valence-electron chi connectivity index (χ4n) is 1.70. The predicted molar refractivity (Wildman–Crippen MR) is 75.5 cm³/mol. The van der Waals surface area contributed by atoms with Gasteiger partial charge in [0.1, 0.15) is 0 Å². The summed E-state index contributed by atoms with van der Waals surface area (Å²) in [7, 11) is 1.75. The van der Waals surface area contributed by atoms with Gasteiger partial charge in [-0.3, -0.25) is 11.3 Å². The van der Waals surface area contributed by atoms with E-state index in [-0.39, 0.29) is 6.04 Å². The minimum absolute atomic E-state index is 0.119. The van der Waals surface area contributed by atoms with Crippen molar-refractivity contribution in [1.29, 1.82) is 0 Å². The Morgan fingerprint density at radius 1 is 1.42 bits per heavy atom. The van der Waals surface area contributed by atoms with Crippen molar-refractivity contribution in [3.63, 3.8) is 0 Å². The van der Waals surface area contributed by atoms with E-state index in [1.54, 1.807) is 18.8 Å². The van der Waals surface area contributed by atoms with Crippen molar-refractivity contribution in [3.8, 4) is 0 Å². The quantitative estimate of drug-likeness (QED) is 0.459. The normalized spacial score (nSPS) is 12.6. The van der Waals surface area contributed by atoms with Gasteiger partial charge in [0, 0.05) is 23.1 Å². The number of rotatable bonds is 6. The molecule has 0 saturated carbocycles. The number of nitrogens with two attached hydrogens (primary N) is 1. The van der Waals surface area contributed by atoms with Crippen LogP contribution in [0, 0.1) is 6.92 Å². The van der Waals surface area contributed by atoms with Gasteiger partial charge in [-0.1, -0.05) is 18.2 Å². The van der Waals surface area contributed by atoms with Crippen molar-refractivity contribution in [3.05, 3.63) is 35.7 Å². The van der Waals surface area contributed by atoms with Crippen molar-refractivity contribution in [1.82, 2.24) is 25.6 Å². The molecule has 3 N–H and O–H groups in total. The Labute approximate surface area is 116 Å². The van der Waals surface area contributed by atoms with Crippen LogP contribution in [0.3, 0.4) is 0 Å². The standard InChI is InChI=1S/C12H18N6S/c1-9-5-3-4-6-11(9)19-8-10(14-13)7-12-15-17-18(2)16-12/h3-6,10,14H,7-8,13H2,1-2H3. The summed E-state index contributed by atoms with van der Waals surface area (Å²) in [5.41, 5.74) is 4.09. The highest BCUT2D eigenvalue weighted by molar-refractivity contribution is 7.99. The van der Waals surface area contributed by atoms with Gasteiger partial charge in [-0.25, -0.2) is 0 Å². The number of tetrazole rings is 1. The molecule has 0 aliphatic rings. The molecule has 2 aromatic rings. The predicted octanol–water partition coefficient (Wildman–Crippen LogP) is 0.685. The average molecular weight is 278 g/mol. The van der Waals surface area contributed by atoms with Gasteiger partial charge in [-0.15, -0.1) is 22.0 Å². The molecular weight excluding hydrogens is 260 g/mol. The molecule has 1 aromatic carbocycles. The molecule has 1 heterocycles. The molecule has 0 aliphatic heterocycles. The first-order chi connectivity index (χ1) is 9.19. The monoisotopic (exact) mass is 278 g/mol. The van der Waals surface area contributed by atoms with Crippen molar-refractivity contribution in [2.24, 2.45) is 12.9 Å². The number of aryl methyl sites for hydroxylation is 2. The number of hydrogen-bond donors (Lipinski definition) is 2. The third-order valence-corrected chi connectivity index (χ3v) is 4.09. The maximum Gasteiger partial charge on any atom is 0.176 e. The zero-order valence-electron chi connectivity index (χ0n) is 11.1. The molecule has 0 amide bonds. The SMILES string of the molecule is Cc1ccccc1SCC(Cc1nnn(C)n1)NN. The number of hydrogen-bond acceptors (Lipinski definition) is 6. The Morgan fingerprint density at radius 3 is 2.84 bits per heavy atom. The third kappa shape index (κ3) is 4.02. The Balaban J connectivity index is 1.91. The summed E-state index contributed by atoms with van der Waals surface area (Å²) in [4.78, 5) is 2.73. The zero-order valence-corrected chi connectivity index (χ0v) is 11.9. The van der Waals surface area contributed by atoms with Crippen LogP contribution in [-0.2, 0) is 13.5 Å². The maximum absolute atomic E-state index is 5.58. The number of hydrazine groups is 1. The van der Waals surface area contributed by atoms with E-state index in [9.17, 15) is 0 Å². The summed E-state index contributed by atoms with van der Waals surface area (Å²) in [5.74, 6) is 7.15. The maximum atomic E-state index is 5.58. The third-order valence-electron chi connectivity index (χ3n) is 2.75. The van der Waals surface area contributed by atoms with Crippen LogP contribution < -0.4 is 11.3 Å². The molecule has 6 nitrogen and oxygen atoms in total. The van der Waals surface area contributed by atoms with E-state index < -0.39 is 0 Å². The molecular formula is C12H18N6S. The number of nitrogens with zero attached hydrogens (tertiary/aromatic N) is 4. The lowest BCUT2D eigenvalue weighted by atomic mass is 10.2. The highest BCUT2D eigenvalue weighted by Gasteiger charge is 2.12. The van der Waals surface area contributed by atoms with Crippen LogP contribution in [-0.4, -0.2) is 32.0 Å². The molecule has 1 unspecified atom stereocenters. The van der Waals surface area contributed by atoms with Gasteiger partial charge in [0.15, 0.2) is 5.82 Å². The number of nitrogens with one attached hydrogen (secondary N) is 1. The van der Waals surface area contributed by atoms with E-state index in [2.05, 4.69) is 39.9 Å². The van der Waals surface area contributed by atoms with E-state index in [1.807, 2.05) is 12.1 Å². The second-order valence-electron chi connectivity index (χ2n) is 4.34. The zero-order chi connectivity index (χ0) is 13.7. The van der Waals surface area contributed by atoms with Crippen LogP contribution in [0.2, 0.25) is 0 Å². The summed E-state index contributed by atoms with van der Waals surface area (Å²) in [6.07, 6.45) is 0.670. The second kappa shape index (κ2) is 6.65. The van der Waals surface area contributed by atoms with Crippen LogP contribution in [0.4, 0.5) is 0 Å². The number of thioether (sulfide) groups is 1. The Bertz CT molecular complexity index is 526. The topological polar surface area (TPSA) is 81.7 Å². The van der Waals surface area contributed by atoms with E-state index in [1.165, 1.54) is 15.3 Å². The van der Waals surface area contributed by atoms with Crippen LogP contribution in [0.15, 0.2) is 29.2 Å². The summed E-state index contributed by atoms with van der Waals surface area (Å²) in [5, 5.41) is 12.0. The molecule has 0 spiro atoms. The van der Waals surface area contributed by atoms with Crippen molar-refractivity contribution < 1.29 is 0 Å². The molecule has 0 fully saturated rings. The van der Waals surface area contributed by atoms with Gasteiger partial charge >= 0.3 is 0 Å². The first-order valence-corrected chi connectivity index (χ1v) is 7.05. The lowest BCUT2D eigenvalue weighted by molar-refractivity contribution is 0.558. The molecule has 102 valence electrons. The minimum Gasteiger partial charge on any atom is -0.271 e. The van der Waals surface area contributed by atoms with Crippen molar-refractivity contribution in [2.75, 3.05) is 5.75 Å². The lowest BCUT2D eigenvalue weighted by Gasteiger charge is -2.14. The molecule has 0 radical (unpaired) electrons. The first kappa shape index (κ1) is 14.0. The Morgan fingerprint density at radius 2 is 2.21 bits per heavy atom.